The van der Waals surface area contributed by atoms with Crippen LogP contribution in [-0.2, 0) is 0 Å². The van der Waals surface area contributed by atoms with E-state index in [4.69, 9.17) is 5.11 Å². The lowest BCUT2D eigenvalue weighted by molar-refractivity contribution is 0.452. The molecule has 0 saturated heterocycles. The maximum atomic E-state index is 12.9. The predicted octanol–water partition coefficient (Wildman–Crippen LogP) is 1.30. The fourth-order valence-corrected chi connectivity index (χ4v) is 1.62. The van der Waals surface area contributed by atoms with Crippen molar-refractivity contribution < 1.29 is 9.50 Å². The van der Waals surface area contributed by atoms with E-state index < -0.39 is 11.4 Å². The van der Waals surface area contributed by atoms with Crippen molar-refractivity contribution in [3.63, 3.8) is 0 Å². The third-order valence-electron chi connectivity index (χ3n) is 1.67. The highest BCUT2D eigenvalue weighted by Gasteiger charge is 2.06. The van der Waals surface area contributed by atoms with Gasteiger partial charge in [0, 0.05) is 6.20 Å². The molecule has 14 heavy (non-hydrogen) atoms. The molecule has 2 aromatic heterocycles. The van der Waals surface area contributed by atoms with Crippen LogP contribution in [0, 0.1) is 5.82 Å². The van der Waals surface area contributed by atoms with Crippen LogP contribution in [-0.4, -0.2) is 14.5 Å². The highest BCUT2D eigenvalue weighted by Crippen LogP contribution is 2.17. The van der Waals surface area contributed by atoms with Crippen LogP contribution in [0.15, 0.2) is 27.6 Å². The zero-order valence-corrected chi connectivity index (χ0v) is 8.32. The molecule has 6 heteroatoms. The quantitative estimate of drug-likeness (QED) is 0.775. The highest BCUT2D eigenvalue weighted by molar-refractivity contribution is 9.10. The van der Waals surface area contributed by atoms with Crippen LogP contribution in [0.4, 0.5) is 4.39 Å². The van der Waals surface area contributed by atoms with E-state index in [2.05, 4.69) is 20.9 Å². The van der Waals surface area contributed by atoms with E-state index in [1.54, 1.807) is 0 Å². The zero-order valence-electron chi connectivity index (χ0n) is 6.74. The van der Waals surface area contributed by atoms with Gasteiger partial charge in [0.15, 0.2) is 5.65 Å². The average molecular weight is 259 g/mol. The molecule has 2 aromatic rings. The highest BCUT2D eigenvalue weighted by atomic mass is 79.9. The summed E-state index contributed by atoms with van der Waals surface area (Å²) in [6.45, 7) is 0. The van der Waals surface area contributed by atoms with Crippen LogP contribution >= 0.6 is 15.9 Å². The third kappa shape index (κ3) is 1.37. The summed E-state index contributed by atoms with van der Waals surface area (Å²) in [5, 5.41) is 9.07. The Morgan fingerprint density at radius 1 is 1.50 bits per heavy atom. The van der Waals surface area contributed by atoms with Gasteiger partial charge >= 0.3 is 0 Å². The van der Waals surface area contributed by atoms with E-state index in [0.717, 1.165) is 16.7 Å². The van der Waals surface area contributed by atoms with Crippen molar-refractivity contribution >= 4 is 21.6 Å². The van der Waals surface area contributed by atoms with E-state index in [1.165, 1.54) is 6.07 Å². The van der Waals surface area contributed by atoms with Crippen molar-refractivity contribution in [3.05, 3.63) is 39.0 Å². The Labute approximate surface area is 85.8 Å². The van der Waals surface area contributed by atoms with Gasteiger partial charge in [0.05, 0.1) is 10.5 Å². The van der Waals surface area contributed by atoms with Gasteiger partial charge in [-0.25, -0.2) is 4.39 Å². The molecule has 0 atom stereocenters. The number of hydrogen-bond donors (Lipinski definition) is 1. The smallest absolute Gasteiger partial charge is 0.261 e. The molecule has 2 heterocycles. The lowest BCUT2D eigenvalue weighted by Gasteiger charge is -2.02. The Bertz CT molecular complexity index is 567. The topological polar surface area (TPSA) is 54.6 Å². The predicted molar refractivity (Wildman–Crippen MR) is 50.8 cm³/mol. The van der Waals surface area contributed by atoms with Crippen molar-refractivity contribution in [2.24, 2.45) is 0 Å². The minimum atomic E-state index is -0.557. The normalized spacial score (nSPS) is 10.7. The molecule has 2 rings (SSSR count). The molecule has 4 nitrogen and oxygen atoms in total. The van der Waals surface area contributed by atoms with Gasteiger partial charge in [-0.05, 0) is 22.0 Å². The summed E-state index contributed by atoms with van der Waals surface area (Å²) in [6.07, 6.45) is 1.01. The molecular formula is C8H4BrFN2O2. The molecular weight excluding hydrogens is 255 g/mol. The largest absolute Gasteiger partial charge is 0.493 e. The van der Waals surface area contributed by atoms with Crippen molar-refractivity contribution in [3.8, 4) is 5.88 Å². The fraction of sp³-hybridized carbons (Fsp3) is 0. The summed E-state index contributed by atoms with van der Waals surface area (Å²) in [5.74, 6) is -0.943. The molecule has 0 fully saturated rings. The molecule has 0 amide bonds. The number of fused-ring (bicyclic) bond motifs is 1. The Balaban J connectivity index is 3.02. The lowest BCUT2D eigenvalue weighted by atomic mass is 10.4. The number of pyridine rings is 1. The van der Waals surface area contributed by atoms with E-state index in [0.29, 0.717) is 4.47 Å². The van der Waals surface area contributed by atoms with Gasteiger partial charge in [0.2, 0.25) is 5.88 Å². The monoisotopic (exact) mass is 258 g/mol. The average Bonchev–Trinajstić information content (AvgIpc) is 2.07. The van der Waals surface area contributed by atoms with E-state index in [9.17, 15) is 9.18 Å². The molecule has 72 valence electrons. The number of aromatic hydroxyl groups is 1. The van der Waals surface area contributed by atoms with E-state index in [1.807, 2.05) is 0 Å². The number of halogens is 2. The maximum Gasteiger partial charge on any atom is 0.261 e. The third-order valence-corrected chi connectivity index (χ3v) is 2.25. The van der Waals surface area contributed by atoms with E-state index in [-0.39, 0.29) is 11.5 Å². The number of nitrogens with zero attached hydrogens (tertiary/aromatic N) is 2. The molecule has 0 aliphatic carbocycles. The van der Waals surface area contributed by atoms with Crippen LogP contribution in [0.3, 0.4) is 0 Å². The van der Waals surface area contributed by atoms with Crippen molar-refractivity contribution in [1.82, 2.24) is 9.38 Å². The van der Waals surface area contributed by atoms with Crippen molar-refractivity contribution in [1.29, 1.82) is 0 Å². The van der Waals surface area contributed by atoms with Crippen LogP contribution in [0.5, 0.6) is 5.88 Å². The number of aromatic nitrogens is 2. The van der Waals surface area contributed by atoms with Crippen LogP contribution in [0.25, 0.3) is 5.65 Å². The second kappa shape index (κ2) is 3.06. The minimum absolute atomic E-state index is 0.177. The van der Waals surface area contributed by atoms with Gasteiger partial charge in [-0.2, -0.15) is 4.98 Å². The fourth-order valence-electron chi connectivity index (χ4n) is 1.12. The summed E-state index contributed by atoms with van der Waals surface area (Å²) in [7, 11) is 0. The first-order chi connectivity index (χ1) is 6.58. The molecule has 0 aromatic carbocycles. The molecule has 0 aliphatic heterocycles. The molecule has 0 aliphatic rings. The van der Waals surface area contributed by atoms with Gasteiger partial charge in [-0.3, -0.25) is 9.20 Å². The summed E-state index contributed by atoms with van der Waals surface area (Å²) in [5.41, 5.74) is -0.357. The van der Waals surface area contributed by atoms with Gasteiger partial charge in [-0.1, -0.05) is 0 Å². The second-order valence-electron chi connectivity index (χ2n) is 2.65. The first kappa shape index (κ1) is 9.14. The molecule has 0 saturated carbocycles. The van der Waals surface area contributed by atoms with Crippen molar-refractivity contribution in [2.45, 2.75) is 0 Å². The number of rotatable bonds is 0. The summed E-state index contributed by atoms with van der Waals surface area (Å²) in [6, 6.07) is 2.08. The van der Waals surface area contributed by atoms with E-state index >= 15 is 0 Å². The van der Waals surface area contributed by atoms with Crippen molar-refractivity contribution in [2.75, 3.05) is 0 Å². The Morgan fingerprint density at radius 2 is 2.21 bits per heavy atom. The van der Waals surface area contributed by atoms with Crippen LogP contribution in [0.2, 0.25) is 0 Å². The Hall–Kier alpha value is -1.43. The van der Waals surface area contributed by atoms with Gasteiger partial charge in [-0.15, -0.1) is 0 Å². The molecule has 0 radical (unpaired) electrons. The van der Waals surface area contributed by atoms with Gasteiger partial charge in [0.25, 0.3) is 5.56 Å². The minimum Gasteiger partial charge on any atom is -0.493 e. The summed E-state index contributed by atoms with van der Waals surface area (Å²) < 4.78 is 14.2. The summed E-state index contributed by atoms with van der Waals surface area (Å²) in [4.78, 5) is 15.0. The second-order valence-corrected chi connectivity index (χ2v) is 3.51. The molecule has 0 unspecified atom stereocenters. The molecule has 0 bridgehead atoms. The van der Waals surface area contributed by atoms with Gasteiger partial charge in [0.1, 0.15) is 5.82 Å². The molecule has 1 N–H and O–H groups in total. The SMILES string of the molecule is O=c1cc(O)nc2c(Br)cc(F)cn12. The summed E-state index contributed by atoms with van der Waals surface area (Å²) >= 11 is 3.04. The first-order valence-electron chi connectivity index (χ1n) is 3.65. The Morgan fingerprint density at radius 3 is 2.93 bits per heavy atom. The van der Waals surface area contributed by atoms with Crippen LogP contribution < -0.4 is 5.56 Å². The lowest BCUT2D eigenvalue weighted by Crippen LogP contribution is -2.13. The Kier molecular flexibility index (Phi) is 1.99. The van der Waals surface area contributed by atoms with Gasteiger partial charge < -0.3 is 5.11 Å². The standard InChI is InChI=1S/C8H4BrFN2O2/c9-5-1-4(10)3-12-7(14)2-6(13)11-8(5)12/h1-3,13H. The maximum absolute atomic E-state index is 12.9. The van der Waals surface area contributed by atoms with Crippen LogP contribution in [0.1, 0.15) is 0 Å². The first-order valence-corrected chi connectivity index (χ1v) is 4.44. The number of hydrogen-bond acceptors (Lipinski definition) is 3. The molecule has 0 spiro atoms. The zero-order chi connectivity index (χ0) is 10.3.